The van der Waals surface area contributed by atoms with Crippen molar-refractivity contribution in [3.8, 4) is 22.6 Å². The second-order valence-electron chi connectivity index (χ2n) is 13.2. The van der Waals surface area contributed by atoms with Gasteiger partial charge in [0, 0.05) is 39.9 Å². The van der Waals surface area contributed by atoms with Gasteiger partial charge in [0.15, 0.2) is 5.82 Å². The van der Waals surface area contributed by atoms with Gasteiger partial charge in [0.2, 0.25) is 11.8 Å². The van der Waals surface area contributed by atoms with Crippen molar-refractivity contribution in [2.24, 2.45) is 4.99 Å². The number of piperidine rings is 1. The Morgan fingerprint density at radius 2 is 1.87 bits per heavy atom. The third-order valence-corrected chi connectivity index (χ3v) is 11.2. The Hall–Kier alpha value is -5.64. The van der Waals surface area contributed by atoms with Crippen LogP contribution in [-0.4, -0.2) is 60.7 Å². The van der Waals surface area contributed by atoms with E-state index in [2.05, 4.69) is 49.9 Å². The van der Waals surface area contributed by atoms with Crippen LogP contribution in [-0.2, 0) is 29.1 Å². The third-order valence-electron chi connectivity index (χ3n) is 9.74. The van der Waals surface area contributed by atoms with Gasteiger partial charge < -0.3 is 9.64 Å². The number of halogens is 1. The molecule has 1 atom stereocenters. The van der Waals surface area contributed by atoms with Crippen molar-refractivity contribution < 1.29 is 19.1 Å². The monoisotopic (exact) mass is 743 g/mol. The van der Waals surface area contributed by atoms with Crippen molar-refractivity contribution in [1.29, 1.82) is 0 Å². The Balaban J connectivity index is 0.895. The lowest BCUT2D eigenvalue weighted by Crippen LogP contribution is -2.52. The number of imide groups is 1. The summed E-state index contributed by atoms with van der Waals surface area (Å²) in [6.45, 7) is 5.23. The maximum absolute atomic E-state index is 13.1. The number of unbranched alkanes of at least 4 members (excludes halogenated alkanes) is 1. The maximum Gasteiger partial charge on any atom is 0.255 e. The number of aromatic nitrogens is 4. The molecule has 3 aromatic heterocycles. The number of fused-ring (bicyclic) bond motifs is 4. The van der Waals surface area contributed by atoms with Crippen molar-refractivity contribution in [2.75, 3.05) is 6.61 Å². The topological polar surface area (TPSA) is 132 Å². The van der Waals surface area contributed by atoms with E-state index in [1.165, 1.54) is 0 Å². The number of carbonyl (C=O) groups is 3. The molecule has 8 rings (SSSR count). The van der Waals surface area contributed by atoms with Crippen molar-refractivity contribution in [3.63, 3.8) is 0 Å². The summed E-state index contributed by atoms with van der Waals surface area (Å²) in [6.07, 6.45) is 4.96. The van der Waals surface area contributed by atoms with Crippen LogP contribution in [0.3, 0.4) is 0 Å². The molecule has 266 valence electrons. The average molecular weight is 744 g/mol. The molecule has 0 radical (unpaired) electrons. The highest BCUT2D eigenvalue weighted by molar-refractivity contribution is 7.15. The van der Waals surface area contributed by atoms with Crippen LogP contribution < -0.4 is 10.1 Å². The molecule has 1 saturated heterocycles. The first-order chi connectivity index (χ1) is 25.7. The quantitative estimate of drug-likeness (QED) is 0.119. The molecule has 13 heteroatoms. The third kappa shape index (κ3) is 6.74. The first kappa shape index (κ1) is 34.4. The summed E-state index contributed by atoms with van der Waals surface area (Å²) in [5.74, 6) is 7.94. The first-order valence-electron chi connectivity index (χ1n) is 17.5. The highest BCUT2D eigenvalue weighted by atomic mass is 35.5. The summed E-state index contributed by atoms with van der Waals surface area (Å²) in [4.78, 5) is 49.2. The second kappa shape index (κ2) is 14.4. The average Bonchev–Trinajstić information content (AvgIpc) is 3.76. The van der Waals surface area contributed by atoms with E-state index < -0.39 is 11.9 Å². The number of benzene rings is 2. The van der Waals surface area contributed by atoms with E-state index in [0.717, 1.165) is 74.3 Å². The Kier molecular flexibility index (Phi) is 9.37. The lowest BCUT2D eigenvalue weighted by atomic mass is 10.00. The van der Waals surface area contributed by atoms with Crippen LogP contribution in [0.15, 0.2) is 65.8 Å². The number of aliphatic imine (C=N–C) groups is 1. The number of amides is 3. The number of carbonyl (C=O) groups excluding carboxylic acids is 3. The molecular formula is C40H34ClN7O4S. The lowest BCUT2D eigenvalue weighted by molar-refractivity contribution is -0.136. The van der Waals surface area contributed by atoms with E-state index in [1.807, 2.05) is 49.5 Å². The lowest BCUT2D eigenvalue weighted by Gasteiger charge is -2.29. The summed E-state index contributed by atoms with van der Waals surface area (Å²) in [5, 5.41) is 12.7. The Morgan fingerprint density at radius 3 is 2.66 bits per heavy atom. The summed E-state index contributed by atoms with van der Waals surface area (Å²) >= 11 is 7.80. The second-order valence-corrected chi connectivity index (χ2v) is 14.6. The van der Waals surface area contributed by atoms with E-state index in [0.29, 0.717) is 41.6 Å². The fourth-order valence-electron chi connectivity index (χ4n) is 6.97. The van der Waals surface area contributed by atoms with Gasteiger partial charge >= 0.3 is 0 Å². The molecule has 0 saturated carbocycles. The normalized spacial score (nSPS) is 16.2. The van der Waals surface area contributed by atoms with Crippen molar-refractivity contribution in [3.05, 3.63) is 121 Å². The van der Waals surface area contributed by atoms with Gasteiger partial charge in [-0.05, 0) is 92.8 Å². The molecule has 0 bridgehead atoms. The number of thiophene rings is 1. The number of rotatable bonds is 8. The van der Waals surface area contributed by atoms with E-state index >= 15 is 0 Å². The summed E-state index contributed by atoms with van der Waals surface area (Å²) in [6, 6.07) is 16.5. The molecule has 1 unspecified atom stereocenters. The largest absolute Gasteiger partial charge is 0.493 e. The van der Waals surface area contributed by atoms with Crippen LogP contribution >= 0.6 is 22.9 Å². The van der Waals surface area contributed by atoms with Crippen LogP contribution in [0, 0.1) is 25.7 Å². The van der Waals surface area contributed by atoms with Crippen LogP contribution in [0.4, 0.5) is 0 Å². The maximum atomic E-state index is 13.1. The van der Waals surface area contributed by atoms with Gasteiger partial charge in [-0.15, -0.1) is 21.5 Å². The van der Waals surface area contributed by atoms with Gasteiger partial charge in [-0.3, -0.25) is 29.3 Å². The molecule has 0 spiro atoms. The first-order valence-corrected chi connectivity index (χ1v) is 18.7. The fraction of sp³-hybridized carbons (Fsp3) is 0.275. The number of pyridine rings is 1. The molecule has 2 aromatic carbocycles. The molecule has 3 amide bonds. The number of ether oxygens (including phenoxy) is 1. The predicted molar refractivity (Wildman–Crippen MR) is 201 cm³/mol. The van der Waals surface area contributed by atoms with Crippen molar-refractivity contribution in [1.82, 2.24) is 30.0 Å². The predicted octanol–water partition coefficient (Wildman–Crippen LogP) is 5.91. The van der Waals surface area contributed by atoms with Crippen LogP contribution in [0.1, 0.15) is 86.1 Å². The number of hydrogen-bond acceptors (Lipinski definition) is 9. The molecule has 3 aliphatic rings. The van der Waals surface area contributed by atoms with Gasteiger partial charge in [-0.1, -0.05) is 35.9 Å². The van der Waals surface area contributed by atoms with E-state index in [-0.39, 0.29) is 24.8 Å². The minimum Gasteiger partial charge on any atom is -0.493 e. The Bertz CT molecular complexity index is 2370. The summed E-state index contributed by atoms with van der Waals surface area (Å²) < 4.78 is 8.20. The highest BCUT2D eigenvalue weighted by Gasteiger charge is 2.40. The smallest absolute Gasteiger partial charge is 0.255 e. The zero-order valence-corrected chi connectivity index (χ0v) is 30.7. The number of nitrogens with one attached hydrogen (secondary N) is 1. The van der Waals surface area contributed by atoms with Crippen LogP contribution in [0.2, 0.25) is 5.02 Å². The molecule has 1 fully saturated rings. The van der Waals surface area contributed by atoms with Gasteiger partial charge in [-0.25, -0.2) is 4.98 Å². The van der Waals surface area contributed by atoms with E-state index in [1.54, 1.807) is 28.4 Å². The van der Waals surface area contributed by atoms with Crippen molar-refractivity contribution >= 4 is 46.4 Å². The molecular weight excluding hydrogens is 710 g/mol. The molecule has 5 aromatic rings. The SMILES string of the molecule is Cc1c(C#Cc2ccc(CCCCOc3cccc4c3CN(C3CCC(=O)NC3=O)C4=O)cn2)sc2c1C(c1ccc(Cl)cc1)=NCc1nnc(C)n1-2. The van der Waals surface area contributed by atoms with Crippen LogP contribution in [0.25, 0.3) is 5.00 Å². The van der Waals surface area contributed by atoms with Gasteiger partial charge in [0.05, 0.1) is 23.7 Å². The molecule has 1 N–H and O–H groups in total. The van der Waals surface area contributed by atoms with Crippen molar-refractivity contribution in [2.45, 2.75) is 65.1 Å². The number of hydrogen-bond donors (Lipinski definition) is 1. The molecule has 53 heavy (non-hydrogen) atoms. The number of aryl methyl sites for hydroxylation is 2. The molecule has 3 aliphatic heterocycles. The summed E-state index contributed by atoms with van der Waals surface area (Å²) in [7, 11) is 0. The summed E-state index contributed by atoms with van der Waals surface area (Å²) in [5.41, 5.74) is 7.06. The molecule has 11 nitrogen and oxygen atoms in total. The zero-order valence-electron chi connectivity index (χ0n) is 29.1. The minimum atomic E-state index is -0.654. The van der Waals surface area contributed by atoms with Gasteiger partial charge in [0.1, 0.15) is 34.9 Å². The number of nitrogens with zero attached hydrogens (tertiary/aromatic N) is 6. The fourth-order valence-corrected chi connectivity index (χ4v) is 8.33. The zero-order chi connectivity index (χ0) is 36.6. The van der Waals surface area contributed by atoms with E-state index in [9.17, 15) is 14.4 Å². The highest BCUT2D eigenvalue weighted by Crippen LogP contribution is 2.37. The molecule has 0 aliphatic carbocycles. The Morgan fingerprint density at radius 1 is 1.02 bits per heavy atom. The Labute approximate surface area is 315 Å². The van der Waals surface area contributed by atoms with Crippen LogP contribution in [0.5, 0.6) is 5.75 Å². The van der Waals surface area contributed by atoms with E-state index in [4.69, 9.17) is 21.3 Å². The van der Waals surface area contributed by atoms with Gasteiger partial charge in [-0.2, -0.15) is 0 Å². The van der Waals surface area contributed by atoms with Gasteiger partial charge in [0.25, 0.3) is 5.91 Å². The minimum absolute atomic E-state index is 0.209. The molecule has 6 heterocycles. The standard InChI is InChI=1S/C40H34ClN7O4S/c1-23-33(53-40-36(23)37(26-10-12-27(41)13-11-26)43-21-34-46-45-24(2)48(34)40)17-15-28-14-9-25(20-42-28)6-3-4-19-52-32-8-5-7-29-30(32)22-47(39(29)51)31-16-18-35(49)44-38(31)50/h5,7-14,20,31H,3-4,6,16,18-19,21-22H2,1-2H3,(H,44,49,50).